The Labute approximate surface area is 236 Å². The lowest BCUT2D eigenvalue weighted by Gasteiger charge is -2.20. The summed E-state index contributed by atoms with van der Waals surface area (Å²) in [5.74, 6) is 0. The first-order chi connectivity index (χ1) is 20.2. The van der Waals surface area contributed by atoms with Crippen molar-refractivity contribution in [1.82, 2.24) is 14.4 Å². The van der Waals surface area contributed by atoms with E-state index in [-0.39, 0.29) is 0 Å². The maximum atomic E-state index is 14.7. The number of imidazole rings is 1. The Kier molecular flexibility index (Phi) is 5.38. The van der Waals surface area contributed by atoms with Crippen molar-refractivity contribution in [2.45, 2.75) is 0 Å². The van der Waals surface area contributed by atoms with Gasteiger partial charge in [0.2, 0.25) is 0 Å². The Morgan fingerprint density at radius 3 is 1.90 bits per heavy atom. The van der Waals surface area contributed by atoms with Crippen LogP contribution in [0.5, 0.6) is 0 Å². The quantitative estimate of drug-likeness (QED) is 0.170. The van der Waals surface area contributed by atoms with E-state index in [4.69, 9.17) is 9.97 Å². The van der Waals surface area contributed by atoms with Gasteiger partial charge in [-0.25, -0.2) is 4.98 Å². The van der Waals surface area contributed by atoms with E-state index in [1.807, 2.05) is 78.9 Å². The number of hydrogen-bond acceptors (Lipinski definition) is 3. The number of rotatable bonds is 4. The van der Waals surface area contributed by atoms with Crippen LogP contribution >= 0.6 is 7.14 Å². The number of hydrogen-bond donors (Lipinski definition) is 0. The summed E-state index contributed by atoms with van der Waals surface area (Å²) in [4.78, 5) is 9.84. The van der Waals surface area contributed by atoms with Crippen LogP contribution < -0.4 is 15.9 Å². The van der Waals surface area contributed by atoms with Gasteiger partial charge in [0, 0.05) is 38.4 Å². The minimum Gasteiger partial charge on any atom is -0.309 e. The van der Waals surface area contributed by atoms with Crippen LogP contribution in [0.3, 0.4) is 0 Å². The predicted molar refractivity (Wildman–Crippen MR) is 170 cm³/mol. The molecule has 0 N–H and O–H groups in total. The zero-order valence-corrected chi connectivity index (χ0v) is 22.9. The lowest BCUT2D eigenvalue weighted by atomic mass is 10.0. The van der Waals surface area contributed by atoms with Gasteiger partial charge in [0.05, 0.1) is 22.2 Å². The van der Waals surface area contributed by atoms with Crippen molar-refractivity contribution in [3.8, 4) is 11.3 Å². The van der Waals surface area contributed by atoms with E-state index in [0.717, 1.165) is 65.5 Å². The molecule has 0 spiro atoms. The van der Waals surface area contributed by atoms with E-state index in [1.54, 1.807) is 6.20 Å². The molecule has 4 nitrogen and oxygen atoms in total. The molecule has 0 aliphatic rings. The van der Waals surface area contributed by atoms with Crippen LogP contribution in [0.15, 0.2) is 146 Å². The van der Waals surface area contributed by atoms with Crippen LogP contribution in [-0.2, 0) is 4.57 Å². The van der Waals surface area contributed by atoms with Crippen LogP contribution in [0, 0.1) is 0 Å². The molecule has 0 atom stereocenters. The maximum absolute atomic E-state index is 14.7. The molecule has 0 radical (unpaired) electrons. The number of para-hydroxylation sites is 2. The van der Waals surface area contributed by atoms with Crippen molar-refractivity contribution in [1.29, 1.82) is 0 Å². The third kappa shape index (κ3) is 3.65. The number of aromatic nitrogens is 3. The Balaban J connectivity index is 1.30. The van der Waals surface area contributed by atoms with Gasteiger partial charge in [-0.3, -0.25) is 9.38 Å². The van der Waals surface area contributed by atoms with Crippen molar-refractivity contribution < 1.29 is 4.57 Å². The van der Waals surface area contributed by atoms with Gasteiger partial charge in [-0.2, -0.15) is 0 Å². The fraction of sp³-hybridized carbons (Fsp3) is 0. The Bertz CT molecular complexity index is 2230. The van der Waals surface area contributed by atoms with E-state index in [9.17, 15) is 4.57 Å². The van der Waals surface area contributed by atoms with Crippen LogP contribution in [0.4, 0.5) is 0 Å². The summed E-state index contributed by atoms with van der Waals surface area (Å²) in [5.41, 5.74) is 5.97. The molecule has 0 saturated carbocycles. The Morgan fingerprint density at radius 2 is 1.20 bits per heavy atom. The summed E-state index contributed by atoms with van der Waals surface area (Å²) < 4.78 is 17.0. The Hall–Kier alpha value is -5.05. The molecule has 0 saturated heterocycles. The molecule has 8 aromatic rings. The molecule has 5 heteroatoms. The average Bonchev–Trinajstić information content (AvgIpc) is 3.45. The third-order valence-corrected chi connectivity index (χ3v) is 10.9. The largest absolute Gasteiger partial charge is 0.309 e. The number of fused-ring (bicyclic) bond motifs is 8. The standard InChI is InChI=1S/C36H24N3OP/c40-41(26-11-3-1-4-12-26,27-13-5-2-6-14-27)28-20-21-32(37-24-28)25-19-22-34-31(23-25)29-15-7-8-16-30(29)36-38-33-17-9-10-18-35(33)39(34)36/h1-24H. The fourth-order valence-corrected chi connectivity index (χ4v) is 8.52. The average molecular weight is 546 g/mol. The van der Waals surface area contributed by atoms with Gasteiger partial charge in [0.25, 0.3) is 0 Å². The van der Waals surface area contributed by atoms with Gasteiger partial charge < -0.3 is 4.57 Å². The minimum atomic E-state index is -3.08. The van der Waals surface area contributed by atoms with Crippen molar-refractivity contribution >= 4 is 61.4 Å². The topological polar surface area (TPSA) is 47.3 Å². The summed E-state index contributed by atoms with van der Waals surface area (Å²) >= 11 is 0. The molecule has 41 heavy (non-hydrogen) atoms. The molecular formula is C36H24N3OP. The summed E-state index contributed by atoms with van der Waals surface area (Å²) in [5, 5.41) is 5.73. The van der Waals surface area contributed by atoms with Crippen LogP contribution in [0.25, 0.3) is 49.6 Å². The number of pyridine rings is 2. The maximum Gasteiger partial charge on any atom is 0.172 e. The van der Waals surface area contributed by atoms with E-state index >= 15 is 0 Å². The van der Waals surface area contributed by atoms with Crippen molar-refractivity contribution in [2.75, 3.05) is 0 Å². The molecule has 0 aliphatic carbocycles. The highest BCUT2D eigenvalue weighted by molar-refractivity contribution is 7.85. The molecule has 0 bridgehead atoms. The van der Waals surface area contributed by atoms with Crippen molar-refractivity contribution in [3.05, 3.63) is 146 Å². The van der Waals surface area contributed by atoms with Gasteiger partial charge in [0.15, 0.2) is 7.14 Å². The molecule has 8 rings (SSSR count). The summed E-state index contributed by atoms with van der Waals surface area (Å²) in [7, 11) is -3.08. The van der Waals surface area contributed by atoms with E-state index in [2.05, 4.69) is 65.1 Å². The molecular weight excluding hydrogens is 521 g/mol. The highest BCUT2D eigenvalue weighted by atomic mass is 31.2. The highest BCUT2D eigenvalue weighted by Gasteiger charge is 2.30. The van der Waals surface area contributed by atoms with Crippen LogP contribution in [0.1, 0.15) is 0 Å². The van der Waals surface area contributed by atoms with Gasteiger partial charge in [-0.05, 0) is 41.8 Å². The van der Waals surface area contributed by atoms with Gasteiger partial charge in [-0.15, -0.1) is 0 Å². The molecule has 0 unspecified atom stereocenters. The van der Waals surface area contributed by atoms with E-state index in [0.29, 0.717) is 0 Å². The lowest BCUT2D eigenvalue weighted by Crippen LogP contribution is -2.25. The third-order valence-electron chi connectivity index (χ3n) is 7.90. The molecule has 3 aromatic heterocycles. The van der Waals surface area contributed by atoms with Gasteiger partial charge in [0.1, 0.15) is 5.65 Å². The summed E-state index contributed by atoms with van der Waals surface area (Å²) in [6.45, 7) is 0. The normalized spacial score (nSPS) is 12.0. The van der Waals surface area contributed by atoms with E-state index < -0.39 is 7.14 Å². The summed E-state index contributed by atoms with van der Waals surface area (Å²) in [6, 6.07) is 46.6. The number of nitrogens with zero attached hydrogens (tertiary/aromatic N) is 3. The molecule has 5 aromatic carbocycles. The first-order valence-corrected chi connectivity index (χ1v) is 15.3. The van der Waals surface area contributed by atoms with Crippen molar-refractivity contribution in [2.24, 2.45) is 0 Å². The number of benzene rings is 5. The lowest BCUT2D eigenvalue weighted by molar-refractivity contribution is 0.592. The zero-order valence-electron chi connectivity index (χ0n) is 22.1. The minimum absolute atomic E-state index is 0.719. The first-order valence-electron chi connectivity index (χ1n) is 13.6. The van der Waals surface area contributed by atoms with Gasteiger partial charge >= 0.3 is 0 Å². The Morgan fingerprint density at radius 1 is 0.537 bits per heavy atom. The molecule has 3 heterocycles. The fourth-order valence-electron chi connectivity index (χ4n) is 5.94. The SMILES string of the molecule is O=P(c1ccccc1)(c1ccccc1)c1ccc(-c2ccc3c(c2)c2ccccc2c2nc4ccccc4n32)nc1. The molecule has 194 valence electrons. The molecule has 0 fully saturated rings. The molecule has 0 aliphatic heterocycles. The second kappa shape index (κ2) is 9.26. The smallest absolute Gasteiger partial charge is 0.172 e. The predicted octanol–water partition coefficient (Wildman–Crippen LogP) is 7.50. The van der Waals surface area contributed by atoms with Crippen molar-refractivity contribution in [3.63, 3.8) is 0 Å². The monoisotopic (exact) mass is 545 g/mol. The van der Waals surface area contributed by atoms with Gasteiger partial charge in [-0.1, -0.05) is 103 Å². The summed E-state index contributed by atoms with van der Waals surface area (Å²) in [6.07, 6.45) is 1.78. The van der Waals surface area contributed by atoms with Crippen LogP contribution in [0.2, 0.25) is 0 Å². The van der Waals surface area contributed by atoms with E-state index in [1.165, 1.54) is 0 Å². The second-order valence-electron chi connectivity index (χ2n) is 10.2. The zero-order chi connectivity index (χ0) is 27.4. The first kappa shape index (κ1) is 23.8. The highest BCUT2D eigenvalue weighted by Crippen LogP contribution is 2.42. The second-order valence-corrected chi connectivity index (χ2v) is 13.0. The van der Waals surface area contributed by atoms with Crippen LogP contribution in [-0.4, -0.2) is 14.4 Å². The molecule has 0 amide bonds.